The van der Waals surface area contributed by atoms with E-state index < -0.39 is 5.95 Å². The van der Waals surface area contributed by atoms with E-state index in [9.17, 15) is 4.39 Å². The summed E-state index contributed by atoms with van der Waals surface area (Å²) < 4.78 is 12.3. The fourth-order valence-electron chi connectivity index (χ4n) is 0.276. The fourth-order valence-corrected chi connectivity index (χ4v) is 0.566. The van der Waals surface area contributed by atoms with Crippen LogP contribution in [-0.4, -0.2) is 10.2 Å². The number of H-pyrrole nitrogens is 1. The maximum Gasteiger partial charge on any atom is 0.210 e. The van der Waals surface area contributed by atoms with E-state index in [0.29, 0.717) is 4.60 Å². The first-order valence-electron chi connectivity index (χ1n) is 1.65. The van der Waals surface area contributed by atoms with Gasteiger partial charge in [0.05, 0.1) is 0 Å². The second-order valence-electron chi connectivity index (χ2n) is 1.04. The van der Waals surface area contributed by atoms with Gasteiger partial charge in [-0.1, -0.05) is 0 Å². The predicted octanol–water partition coefficient (Wildman–Crippen LogP) is 1.31. The van der Waals surface area contributed by atoms with Crippen molar-refractivity contribution in [2.45, 2.75) is 0 Å². The van der Waals surface area contributed by atoms with E-state index in [2.05, 4.69) is 26.1 Å². The first-order valence-corrected chi connectivity index (χ1v) is 2.45. The van der Waals surface area contributed by atoms with Crippen LogP contribution in [0.25, 0.3) is 0 Å². The van der Waals surface area contributed by atoms with Crippen LogP contribution >= 0.6 is 15.9 Å². The summed E-state index contributed by atoms with van der Waals surface area (Å²) in [6, 6.07) is 1.25. The van der Waals surface area contributed by atoms with Gasteiger partial charge in [-0.3, -0.25) is 5.10 Å². The summed E-state index contributed by atoms with van der Waals surface area (Å²) in [6.07, 6.45) is 0. The van der Waals surface area contributed by atoms with Gasteiger partial charge in [-0.2, -0.15) is 9.49 Å². The zero-order chi connectivity index (χ0) is 5.28. The van der Waals surface area contributed by atoms with E-state index in [0.717, 1.165) is 0 Å². The summed E-state index contributed by atoms with van der Waals surface area (Å²) in [5.74, 6) is -0.424. The third-order valence-corrected chi connectivity index (χ3v) is 0.922. The predicted molar refractivity (Wildman–Crippen MR) is 26.2 cm³/mol. The minimum Gasteiger partial charge on any atom is -0.252 e. The number of nitrogens with one attached hydrogen (secondary N) is 1. The van der Waals surface area contributed by atoms with Crippen molar-refractivity contribution in [3.63, 3.8) is 0 Å². The lowest BCUT2D eigenvalue weighted by Gasteiger charge is -1.62. The van der Waals surface area contributed by atoms with Gasteiger partial charge in [0.15, 0.2) is 0 Å². The van der Waals surface area contributed by atoms with E-state index in [4.69, 9.17) is 0 Å². The average molecular weight is 165 g/mol. The molecule has 0 unspecified atom stereocenters. The van der Waals surface area contributed by atoms with Crippen LogP contribution in [-0.2, 0) is 0 Å². The Morgan fingerprint density at radius 2 is 2.57 bits per heavy atom. The molecule has 0 fully saturated rings. The summed E-state index contributed by atoms with van der Waals surface area (Å²) >= 11 is 2.95. The molecule has 0 aliphatic carbocycles. The number of hydrogen-bond donors (Lipinski definition) is 1. The van der Waals surface area contributed by atoms with Crippen LogP contribution in [0.2, 0.25) is 0 Å². The minimum atomic E-state index is -0.424. The molecular weight excluding hydrogens is 163 g/mol. The van der Waals surface area contributed by atoms with Crippen LogP contribution < -0.4 is 0 Å². The van der Waals surface area contributed by atoms with Crippen molar-refractivity contribution in [2.24, 2.45) is 0 Å². The molecule has 1 aromatic heterocycles. The summed E-state index contributed by atoms with van der Waals surface area (Å²) in [7, 11) is 0. The molecule has 0 saturated heterocycles. The second kappa shape index (κ2) is 1.61. The van der Waals surface area contributed by atoms with Gasteiger partial charge in [0.1, 0.15) is 4.60 Å². The number of halogens is 2. The normalized spacial score (nSPS) is 9.43. The van der Waals surface area contributed by atoms with Crippen LogP contribution in [0.3, 0.4) is 0 Å². The van der Waals surface area contributed by atoms with Crippen molar-refractivity contribution in [1.29, 1.82) is 0 Å². The van der Waals surface area contributed by atoms with Crippen LogP contribution in [0.4, 0.5) is 4.39 Å². The van der Waals surface area contributed by atoms with Crippen molar-refractivity contribution in [1.82, 2.24) is 10.2 Å². The molecule has 0 bridgehead atoms. The first-order chi connectivity index (χ1) is 3.29. The molecule has 38 valence electrons. The quantitative estimate of drug-likeness (QED) is 0.616. The zero-order valence-electron chi connectivity index (χ0n) is 3.28. The van der Waals surface area contributed by atoms with Gasteiger partial charge in [0.25, 0.3) is 0 Å². The Kier molecular flexibility index (Phi) is 1.10. The molecule has 0 saturated carbocycles. The van der Waals surface area contributed by atoms with E-state index >= 15 is 0 Å². The average Bonchev–Trinajstić information content (AvgIpc) is 1.87. The summed E-state index contributed by atoms with van der Waals surface area (Å²) in [5, 5.41) is 5.54. The Labute approximate surface area is 47.9 Å². The first kappa shape index (κ1) is 4.77. The van der Waals surface area contributed by atoms with Gasteiger partial charge in [0, 0.05) is 6.07 Å². The topological polar surface area (TPSA) is 28.7 Å². The Morgan fingerprint density at radius 3 is 2.71 bits per heavy atom. The second-order valence-corrected chi connectivity index (χ2v) is 1.85. The summed E-state index contributed by atoms with van der Waals surface area (Å²) in [4.78, 5) is 0. The Morgan fingerprint density at radius 1 is 1.86 bits per heavy atom. The lowest BCUT2D eigenvalue weighted by atomic mass is 10.7. The van der Waals surface area contributed by atoms with Crippen molar-refractivity contribution < 1.29 is 4.39 Å². The molecule has 1 aromatic rings. The number of aromatic amines is 1. The van der Waals surface area contributed by atoms with Gasteiger partial charge in [0.2, 0.25) is 5.95 Å². The molecule has 0 radical (unpaired) electrons. The molecule has 1 heterocycles. The van der Waals surface area contributed by atoms with Gasteiger partial charge >= 0.3 is 0 Å². The molecule has 0 aliphatic heterocycles. The van der Waals surface area contributed by atoms with E-state index in [1.54, 1.807) is 0 Å². The smallest absolute Gasteiger partial charge is 0.210 e. The van der Waals surface area contributed by atoms with Crippen molar-refractivity contribution in [3.8, 4) is 0 Å². The van der Waals surface area contributed by atoms with Crippen LogP contribution in [0, 0.1) is 5.95 Å². The SMILES string of the molecule is Fc1cc(Br)n[nH]1. The molecule has 0 atom stereocenters. The van der Waals surface area contributed by atoms with Crippen LogP contribution in [0.5, 0.6) is 0 Å². The lowest BCUT2D eigenvalue weighted by Crippen LogP contribution is -1.67. The number of hydrogen-bond acceptors (Lipinski definition) is 1. The van der Waals surface area contributed by atoms with Gasteiger partial charge in [-0.15, -0.1) is 0 Å². The monoisotopic (exact) mass is 164 g/mol. The molecule has 1 rings (SSSR count). The maximum atomic E-state index is 11.8. The fraction of sp³-hybridized carbons (Fsp3) is 0. The summed E-state index contributed by atoms with van der Waals surface area (Å²) in [5.41, 5.74) is 0. The maximum absolute atomic E-state index is 11.8. The lowest BCUT2D eigenvalue weighted by molar-refractivity contribution is 0.579. The number of nitrogens with zero attached hydrogens (tertiary/aromatic N) is 1. The molecular formula is C3H2BrFN2. The highest BCUT2D eigenvalue weighted by Gasteiger charge is 1.90. The Balaban J connectivity index is 3.04. The van der Waals surface area contributed by atoms with Crippen molar-refractivity contribution >= 4 is 15.9 Å². The van der Waals surface area contributed by atoms with E-state index in [-0.39, 0.29) is 0 Å². The summed E-state index contributed by atoms with van der Waals surface area (Å²) in [6.45, 7) is 0. The van der Waals surface area contributed by atoms with Crippen molar-refractivity contribution in [2.75, 3.05) is 0 Å². The van der Waals surface area contributed by atoms with E-state index in [1.807, 2.05) is 0 Å². The third-order valence-electron chi connectivity index (χ3n) is 0.515. The van der Waals surface area contributed by atoms with Gasteiger partial charge in [-0.25, -0.2) is 0 Å². The largest absolute Gasteiger partial charge is 0.252 e. The zero-order valence-corrected chi connectivity index (χ0v) is 4.87. The van der Waals surface area contributed by atoms with Gasteiger partial charge in [-0.05, 0) is 15.9 Å². The number of rotatable bonds is 0. The molecule has 7 heavy (non-hydrogen) atoms. The van der Waals surface area contributed by atoms with E-state index in [1.165, 1.54) is 6.07 Å². The standard InChI is InChI=1S/C3H2BrFN2/c4-2-1-3(5)7-6-2/h1H,(H,6,7). The molecule has 2 nitrogen and oxygen atoms in total. The highest BCUT2D eigenvalue weighted by molar-refractivity contribution is 9.10. The Hall–Kier alpha value is -0.380. The molecule has 0 aliphatic rings. The Bertz CT molecular complexity index is 145. The number of aromatic nitrogens is 2. The molecule has 4 heteroatoms. The molecule has 0 aromatic carbocycles. The molecule has 0 spiro atoms. The van der Waals surface area contributed by atoms with Gasteiger partial charge < -0.3 is 0 Å². The highest BCUT2D eigenvalue weighted by Crippen LogP contribution is 2.03. The molecule has 0 amide bonds. The van der Waals surface area contributed by atoms with Crippen LogP contribution in [0.1, 0.15) is 0 Å². The molecule has 1 N–H and O–H groups in total. The van der Waals surface area contributed by atoms with Crippen molar-refractivity contribution in [3.05, 3.63) is 16.6 Å². The van der Waals surface area contributed by atoms with Crippen LogP contribution in [0.15, 0.2) is 10.7 Å². The third kappa shape index (κ3) is 0.991. The minimum absolute atomic E-state index is 0.424. The highest BCUT2D eigenvalue weighted by atomic mass is 79.9.